The summed E-state index contributed by atoms with van der Waals surface area (Å²) in [7, 11) is 1.51. The lowest BCUT2D eigenvalue weighted by Gasteiger charge is -2.26. The number of thiophene rings is 1. The third-order valence-corrected chi connectivity index (χ3v) is 7.33. The topological polar surface area (TPSA) is 62.3 Å². The van der Waals surface area contributed by atoms with E-state index in [-0.39, 0.29) is 17.1 Å². The molecule has 0 spiro atoms. The molecule has 2 aliphatic heterocycles. The Morgan fingerprint density at radius 2 is 2.18 bits per heavy atom. The molecular formula is C22H25NO4S. The number of carbonyl (C=O) groups excluding carboxylic acids is 1. The van der Waals surface area contributed by atoms with Gasteiger partial charge in [0.15, 0.2) is 17.1 Å². The van der Waals surface area contributed by atoms with E-state index < -0.39 is 5.60 Å². The lowest BCUT2D eigenvalue weighted by Crippen LogP contribution is -2.31. The zero-order valence-electron chi connectivity index (χ0n) is 16.3. The van der Waals surface area contributed by atoms with E-state index in [9.17, 15) is 9.90 Å². The molecule has 2 aromatic rings. The standard InChI is InChI=1S/C22H25NO4S/c1-22(12-27-22)21(25)16-7-14(8-17(26-2)20(16)24)19-9-15-11-23(10-13-3-4-13)6-5-18(15)28-19/h7-9,13,24H,3-6,10-12H2,1-2H3. The number of rotatable bonds is 6. The van der Waals surface area contributed by atoms with Crippen LogP contribution in [-0.4, -0.2) is 48.2 Å². The van der Waals surface area contributed by atoms with Gasteiger partial charge in [0.1, 0.15) is 0 Å². The number of nitrogens with zero attached hydrogens (tertiary/aromatic N) is 1. The lowest BCUT2D eigenvalue weighted by molar-refractivity contribution is 0.0884. The first-order chi connectivity index (χ1) is 13.5. The maximum Gasteiger partial charge on any atom is 0.200 e. The summed E-state index contributed by atoms with van der Waals surface area (Å²) in [6, 6.07) is 5.85. The number of hydrogen-bond acceptors (Lipinski definition) is 6. The zero-order valence-corrected chi connectivity index (χ0v) is 17.1. The minimum atomic E-state index is -0.820. The van der Waals surface area contributed by atoms with Gasteiger partial charge in [0.05, 0.1) is 19.3 Å². The number of epoxide rings is 1. The Hall–Kier alpha value is -1.89. The third-order valence-electron chi connectivity index (χ3n) is 6.04. The number of benzene rings is 1. The maximum absolute atomic E-state index is 12.8. The molecule has 0 bridgehead atoms. The molecule has 3 aliphatic rings. The van der Waals surface area contributed by atoms with Crippen LogP contribution in [0.4, 0.5) is 0 Å². The van der Waals surface area contributed by atoms with Gasteiger partial charge < -0.3 is 14.6 Å². The minimum absolute atomic E-state index is 0.107. The van der Waals surface area contributed by atoms with E-state index in [1.807, 2.05) is 6.07 Å². The molecule has 1 saturated carbocycles. The number of Topliss-reactive ketones (excluding diaryl/α,β-unsaturated/α-hetero) is 1. The Kier molecular flexibility index (Phi) is 4.27. The highest BCUT2D eigenvalue weighted by atomic mass is 32.1. The second kappa shape index (κ2) is 6.58. The molecule has 1 aromatic heterocycles. The first-order valence-corrected chi connectivity index (χ1v) is 10.7. The van der Waals surface area contributed by atoms with E-state index in [4.69, 9.17) is 9.47 Å². The molecule has 148 valence electrons. The summed E-state index contributed by atoms with van der Waals surface area (Å²) < 4.78 is 10.7. The van der Waals surface area contributed by atoms with Crippen molar-refractivity contribution in [3.05, 3.63) is 34.2 Å². The maximum atomic E-state index is 12.8. The highest BCUT2D eigenvalue weighted by Gasteiger charge is 2.48. The van der Waals surface area contributed by atoms with Crippen LogP contribution < -0.4 is 4.74 Å². The fourth-order valence-corrected chi connectivity index (χ4v) is 5.11. The summed E-state index contributed by atoms with van der Waals surface area (Å²) in [6.45, 7) is 5.50. The highest BCUT2D eigenvalue weighted by molar-refractivity contribution is 7.15. The van der Waals surface area contributed by atoms with Crippen molar-refractivity contribution in [2.75, 3.05) is 26.8 Å². The van der Waals surface area contributed by atoms with Crippen molar-refractivity contribution in [2.45, 2.75) is 38.3 Å². The van der Waals surface area contributed by atoms with Gasteiger partial charge in [-0.25, -0.2) is 0 Å². The molecule has 1 unspecified atom stereocenters. The van der Waals surface area contributed by atoms with Gasteiger partial charge in [0, 0.05) is 29.4 Å². The number of ketones is 1. The van der Waals surface area contributed by atoms with E-state index in [1.165, 1.54) is 36.9 Å². The Morgan fingerprint density at radius 3 is 2.86 bits per heavy atom. The SMILES string of the molecule is COc1cc(-c2cc3c(s2)CCN(CC2CC2)C3)cc(C(=O)C2(C)CO2)c1O. The van der Waals surface area contributed by atoms with Crippen LogP contribution in [0.1, 0.15) is 40.6 Å². The van der Waals surface area contributed by atoms with Crippen LogP contribution in [0.15, 0.2) is 18.2 Å². The van der Waals surface area contributed by atoms with Crippen LogP contribution in [0.2, 0.25) is 0 Å². The molecule has 0 amide bonds. The monoisotopic (exact) mass is 399 g/mol. The summed E-state index contributed by atoms with van der Waals surface area (Å²) >= 11 is 1.79. The number of phenols is 1. The first-order valence-electron chi connectivity index (χ1n) is 9.91. The summed E-state index contributed by atoms with van der Waals surface area (Å²) in [4.78, 5) is 17.9. The lowest BCUT2D eigenvalue weighted by atomic mass is 9.96. The van der Waals surface area contributed by atoms with Gasteiger partial charge in [0.25, 0.3) is 0 Å². The molecule has 2 fully saturated rings. The van der Waals surface area contributed by atoms with Crippen LogP contribution in [0.5, 0.6) is 11.5 Å². The predicted octanol–water partition coefficient (Wildman–Crippen LogP) is 3.87. The number of ether oxygens (including phenoxy) is 2. The number of methoxy groups -OCH3 is 1. The summed E-state index contributed by atoms with van der Waals surface area (Å²) in [5.41, 5.74) is 1.76. The number of fused-ring (bicyclic) bond motifs is 1. The van der Waals surface area contributed by atoms with Gasteiger partial charge in [0.2, 0.25) is 5.78 Å². The van der Waals surface area contributed by atoms with Gasteiger partial charge in [-0.2, -0.15) is 0 Å². The molecule has 28 heavy (non-hydrogen) atoms. The van der Waals surface area contributed by atoms with Crippen LogP contribution >= 0.6 is 11.3 Å². The molecular weight excluding hydrogens is 374 g/mol. The van der Waals surface area contributed by atoms with Gasteiger partial charge in [-0.3, -0.25) is 9.69 Å². The Balaban J connectivity index is 1.48. The normalized spacial score (nSPS) is 24.1. The summed E-state index contributed by atoms with van der Waals surface area (Å²) in [6.07, 6.45) is 3.84. The van der Waals surface area contributed by atoms with Gasteiger partial charge in [-0.15, -0.1) is 11.3 Å². The van der Waals surface area contributed by atoms with Crippen LogP contribution in [0, 0.1) is 5.92 Å². The van der Waals surface area contributed by atoms with Crippen LogP contribution in [0.3, 0.4) is 0 Å². The van der Waals surface area contributed by atoms with Gasteiger partial charge in [-0.1, -0.05) is 0 Å². The van der Waals surface area contributed by atoms with E-state index in [0.29, 0.717) is 12.4 Å². The fraction of sp³-hybridized carbons (Fsp3) is 0.500. The van der Waals surface area contributed by atoms with E-state index in [2.05, 4.69) is 11.0 Å². The largest absolute Gasteiger partial charge is 0.504 e. The quantitative estimate of drug-likeness (QED) is 0.590. The summed E-state index contributed by atoms with van der Waals surface area (Å²) in [5, 5.41) is 10.5. The second-order valence-corrected chi connectivity index (χ2v) is 9.55. The molecule has 5 nitrogen and oxygen atoms in total. The van der Waals surface area contributed by atoms with E-state index in [0.717, 1.165) is 35.9 Å². The number of phenolic OH excluding ortho intramolecular Hbond substituents is 1. The highest BCUT2D eigenvalue weighted by Crippen LogP contribution is 2.43. The van der Waals surface area contributed by atoms with Crippen molar-refractivity contribution in [1.29, 1.82) is 0 Å². The third kappa shape index (κ3) is 3.23. The van der Waals surface area contributed by atoms with E-state index in [1.54, 1.807) is 24.3 Å². The Labute approximate surface area is 168 Å². The average molecular weight is 400 g/mol. The number of hydrogen-bond donors (Lipinski definition) is 1. The number of aromatic hydroxyl groups is 1. The molecule has 1 atom stereocenters. The second-order valence-electron chi connectivity index (χ2n) is 8.41. The Bertz CT molecular complexity index is 942. The molecule has 0 radical (unpaired) electrons. The molecule has 1 aliphatic carbocycles. The van der Waals surface area contributed by atoms with Gasteiger partial charge >= 0.3 is 0 Å². The predicted molar refractivity (Wildman–Crippen MR) is 108 cm³/mol. The molecule has 3 heterocycles. The van der Waals surface area contributed by atoms with Crippen molar-refractivity contribution in [2.24, 2.45) is 5.92 Å². The van der Waals surface area contributed by atoms with Crippen molar-refractivity contribution in [3.63, 3.8) is 0 Å². The number of carbonyl (C=O) groups is 1. The summed E-state index contributed by atoms with van der Waals surface area (Å²) in [5.74, 6) is 0.930. The van der Waals surface area contributed by atoms with Gasteiger partial charge in [-0.05, 0) is 61.4 Å². The van der Waals surface area contributed by atoms with Crippen molar-refractivity contribution < 1.29 is 19.4 Å². The molecule has 1 N–H and O–H groups in total. The fourth-order valence-electron chi connectivity index (χ4n) is 3.96. The molecule has 1 aromatic carbocycles. The zero-order chi connectivity index (χ0) is 19.5. The van der Waals surface area contributed by atoms with Crippen molar-refractivity contribution in [3.8, 4) is 21.9 Å². The first kappa shape index (κ1) is 18.2. The smallest absolute Gasteiger partial charge is 0.200 e. The van der Waals surface area contributed by atoms with Crippen LogP contribution in [0.25, 0.3) is 10.4 Å². The van der Waals surface area contributed by atoms with E-state index >= 15 is 0 Å². The molecule has 6 heteroatoms. The van der Waals surface area contributed by atoms with Crippen molar-refractivity contribution >= 4 is 17.1 Å². The molecule has 1 saturated heterocycles. The minimum Gasteiger partial charge on any atom is -0.504 e. The van der Waals surface area contributed by atoms with Crippen molar-refractivity contribution in [1.82, 2.24) is 4.90 Å². The molecule has 5 rings (SSSR count). The van der Waals surface area contributed by atoms with Crippen LogP contribution in [-0.2, 0) is 17.7 Å². The average Bonchev–Trinajstić information content (AvgIpc) is 3.61. The Morgan fingerprint density at radius 1 is 1.39 bits per heavy atom.